The minimum Gasteiger partial charge on any atom is -0.406 e. The maximum absolute atomic E-state index is 12.1. The largest absolute Gasteiger partial charge is 0.406 e. The van der Waals surface area contributed by atoms with Crippen molar-refractivity contribution in [3.05, 3.63) is 40.2 Å². The molecule has 0 spiro atoms. The van der Waals surface area contributed by atoms with Gasteiger partial charge in [-0.25, -0.2) is 0 Å². The molecule has 0 radical (unpaired) electrons. The third-order valence-corrected chi connectivity index (χ3v) is 3.86. The number of halogens is 1. The van der Waals surface area contributed by atoms with Gasteiger partial charge in [0.05, 0.1) is 6.04 Å². The van der Waals surface area contributed by atoms with Gasteiger partial charge in [0, 0.05) is 10.6 Å². The quantitative estimate of drug-likeness (QED) is 0.911. The Morgan fingerprint density at radius 2 is 2.33 bits per heavy atom. The fourth-order valence-electron chi connectivity index (χ4n) is 2.22. The molecule has 1 aromatic carbocycles. The molecule has 2 aromatic rings. The van der Waals surface area contributed by atoms with E-state index in [9.17, 15) is 4.79 Å². The number of hydrogen-bond donors (Lipinski definition) is 2. The third-order valence-electron chi connectivity index (χ3n) is 3.45. The number of aromatic nitrogens is 2. The lowest BCUT2D eigenvalue weighted by molar-refractivity contribution is 0.102. The van der Waals surface area contributed by atoms with Crippen LogP contribution in [-0.4, -0.2) is 22.6 Å². The lowest BCUT2D eigenvalue weighted by Gasteiger charge is -2.04. The van der Waals surface area contributed by atoms with Gasteiger partial charge in [0.15, 0.2) is 0 Å². The Bertz CT molecular complexity index is 665. The van der Waals surface area contributed by atoms with E-state index in [-0.39, 0.29) is 18.0 Å². The highest BCUT2D eigenvalue weighted by atomic mass is 35.5. The highest BCUT2D eigenvalue weighted by Gasteiger charge is 2.22. The van der Waals surface area contributed by atoms with Crippen molar-refractivity contribution in [2.75, 3.05) is 11.9 Å². The number of hydrogen-bond acceptors (Lipinski definition) is 5. The van der Waals surface area contributed by atoms with Gasteiger partial charge in [-0.15, -0.1) is 5.10 Å². The molecule has 1 aromatic heterocycles. The Kier molecular flexibility index (Phi) is 3.90. The molecule has 1 atom stereocenters. The van der Waals surface area contributed by atoms with Gasteiger partial charge < -0.3 is 9.73 Å². The topological polar surface area (TPSA) is 80.0 Å². The summed E-state index contributed by atoms with van der Waals surface area (Å²) >= 11 is 6.01. The summed E-state index contributed by atoms with van der Waals surface area (Å²) in [6, 6.07) is 5.28. The molecule has 1 unspecified atom stereocenters. The second-order valence-corrected chi connectivity index (χ2v) is 5.42. The first kappa shape index (κ1) is 14.0. The lowest BCUT2D eigenvalue weighted by atomic mass is 10.1. The van der Waals surface area contributed by atoms with Gasteiger partial charge in [-0.3, -0.25) is 10.1 Å². The zero-order valence-corrected chi connectivity index (χ0v) is 12.3. The molecule has 0 aliphatic carbocycles. The number of nitrogens with one attached hydrogen (secondary N) is 2. The Labute approximate surface area is 126 Å². The van der Waals surface area contributed by atoms with E-state index in [1.807, 2.05) is 6.92 Å². The van der Waals surface area contributed by atoms with Crippen LogP contribution >= 0.6 is 11.6 Å². The van der Waals surface area contributed by atoms with Gasteiger partial charge in [0.1, 0.15) is 0 Å². The summed E-state index contributed by atoms with van der Waals surface area (Å²) in [5.41, 5.74) is 1.37. The number of nitrogens with zero attached hydrogens (tertiary/aromatic N) is 2. The predicted molar refractivity (Wildman–Crippen MR) is 78.4 cm³/mol. The monoisotopic (exact) mass is 306 g/mol. The molecule has 21 heavy (non-hydrogen) atoms. The number of carbonyl (C=O) groups excluding carboxylic acids is 1. The first-order chi connectivity index (χ1) is 10.1. The molecule has 1 saturated heterocycles. The van der Waals surface area contributed by atoms with E-state index < -0.39 is 0 Å². The SMILES string of the molecule is Cc1ccc(C(=O)Nc2nnc(C3CCCN3)o2)cc1Cl. The first-order valence-electron chi connectivity index (χ1n) is 6.78. The second kappa shape index (κ2) is 5.83. The molecule has 1 aliphatic heterocycles. The first-order valence-corrected chi connectivity index (χ1v) is 7.15. The van der Waals surface area contributed by atoms with Crippen molar-refractivity contribution in [2.45, 2.75) is 25.8 Å². The maximum Gasteiger partial charge on any atom is 0.322 e. The van der Waals surface area contributed by atoms with Crippen molar-refractivity contribution in [3.8, 4) is 0 Å². The van der Waals surface area contributed by atoms with E-state index in [0.717, 1.165) is 24.9 Å². The van der Waals surface area contributed by atoms with Gasteiger partial charge >= 0.3 is 6.01 Å². The van der Waals surface area contributed by atoms with Crippen LogP contribution in [0.3, 0.4) is 0 Å². The van der Waals surface area contributed by atoms with Crippen LogP contribution in [0.15, 0.2) is 22.6 Å². The second-order valence-electron chi connectivity index (χ2n) is 5.01. The summed E-state index contributed by atoms with van der Waals surface area (Å²) in [5, 5.41) is 14.2. The number of amides is 1. The molecule has 3 rings (SSSR count). The molecular weight excluding hydrogens is 292 g/mol. The van der Waals surface area contributed by atoms with Crippen molar-refractivity contribution in [2.24, 2.45) is 0 Å². The van der Waals surface area contributed by atoms with E-state index in [4.69, 9.17) is 16.0 Å². The van der Waals surface area contributed by atoms with Crippen molar-refractivity contribution < 1.29 is 9.21 Å². The van der Waals surface area contributed by atoms with E-state index in [1.54, 1.807) is 18.2 Å². The van der Waals surface area contributed by atoms with E-state index in [0.29, 0.717) is 16.5 Å². The Hall–Kier alpha value is -1.92. The summed E-state index contributed by atoms with van der Waals surface area (Å²) in [6.45, 7) is 2.82. The molecule has 7 heteroatoms. The van der Waals surface area contributed by atoms with Crippen LogP contribution < -0.4 is 10.6 Å². The molecule has 110 valence electrons. The Morgan fingerprint density at radius 1 is 1.48 bits per heavy atom. The zero-order chi connectivity index (χ0) is 14.8. The summed E-state index contributed by atoms with van der Waals surface area (Å²) in [6.07, 6.45) is 2.04. The lowest BCUT2D eigenvalue weighted by Crippen LogP contribution is -2.13. The molecule has 0 saturated carbocycles. The maximum atomic E-state index is 12.1. The van der Waals surface area contributed by atoms with E-state index in [1.165, 1.54) is 0 Å². The number of anilines is 1. The van der Waals surface area contributed by atoms with Crippen LogP contribution in [0.4, 0.5) is 6.01 Å². The van der Waals surface area contributed by atoms with E-state index in [2.05, 4.69) is 20.8 Å². The predicted octanol–water partition coefficient (Wildman–Crippen LogP) is 2.71. The van der Waals surface area contributed by atoms with Gasteiger partial charge in [0.25, 0.3) is 5.91 Å². The number of aryl methyl sites for hydroxylation is 1. The summed E-state index contributed by atoms with van der Waals surface area (Å²) in [5.74, 6) is 0.177. The number of carbonyl (C=O) groups is 1. The minimum atomic E-state index is -0.327. The number of benzene rings is 1. The van der Waals surface area contributed by atoms with Gasteiger partial charge in [-0.05, 0) is 44.0 Å². The van der Waals surface area contributed by atoms with Crippen molar-refractivity contribution >= 4 is 23.5 Å². The summed E-state index contributed by atoms with van der Waals surface area (Å²) in [4.78, 5) is 12.1. The van der Waals surface area contributed by atoms with Gasteiger partial charge in [-0.1, -0.05) is 22.8 Å². The molecule has 6 nitrogen and oxygen atoms in total. The molecule has 1 amide bonds. The van der Waals surface area contributed by atoms with Crippen LogP contribution in [0.25, 0.3) is 0 Å². The van der Waals surface area contributed by atoms with Crippen molar-refractivity contribution in [1.29, 1.82) is 0 Å². The van der Waals surface area contributed by atoms with Gasteiger partial charge in [0.2, 0.25) is 5.89 Å². The summed E-state index contributed by atoms with van der Waals surface area (Å²) in [7, 11) is 0. The summed E-state index contributed by atoms with van der Waals surface area (Å²) < 4.78 is 5.46. The zero-order valence-electron chi connectivity index (χ0n) is 11.5. The fourth-order valence-corrected chi connectivity index (χ4v) is 2.41. The normalized spacial score (nSPS) is 17.9. The van der Waals surface area contributed by atoms with Crippen molar-refractivity contribution in [1.82, 2.24) is 15.5 Å². The van der Waals surface area contributed by atoms with Crippen molar-refractivity contribution in [3.63, 3.8) is 0 Å². The molecule has 1 aliphatic rings. The number of rotatable bonds is 3. The average molecular weight is 307 g/mol. The van der Waals surface area contributed by atoms with Crippen LogP contribution in [0.2, 0.25) is 5.02 Å². The highest BCUT2D eigenvalue weighted by molar-refractivity contribution is 6.31. The van der Waals surface area contributed by atoms with Gasteiger partial charge in [-0.2, -0.15) is 0 Å². The van der Waals surface area contributed by atoms with E-state index >= 15 is 0 Å². The smallest absolute Gasteiger partial charge is 0.322 e. The molecule has 2 N–H and O–H groups in total. The fraction of sp³-hybridized carbons (Fsp3) is 0.357. The van der Waals surface area contributed by atoms with Crippen LogP contribution in [0.5, 0.6) is 0 Å². The highest BCUT2D eigenvalue weighted by Crippen LogP contribution is 2.23. The van der Waals surface area contributed by atoms with Crippen LogP contribution in [0.1, 0.15) is 40.7 Å². The molecule has 0 bridgehead atoms. The third kappa shape index (κ3) is 3.06. The van der Waals surface area contributed by atoms with Crippen LogP contribution in [0, 0.1) is 6.92 Å². The average Bonchev–Trinajstić information content (AvgIpc) is 3.12. The molecule has 1 fully saturated rings. The van der Waals surface area contributed by atoms with Crippen LogP contribution in [-0.2, 0) is 0 Å². The Morgan fingerprint density at radius 3 is 3.05 bits per heavy atom. The molecule has 2 heterocycles. The Balaban J connectivity index is 1.70. The minimum absolute atomic E-state index is 0.0805. The standard InChI is InChI=1S/C14H15ClN4O2/c1-8-4-5-9(7-10(8)15)12(20)17-14-19-18-13(21-14)11-3-2-6-16-11/h4-5,7,11,16H,2-3,6H2,1H3,(H,17,19,20). The molecular formula is C14H15ClN4O2.